The zero-order chi connectivity index (χ0) is 78.5. The molecule has 42 unspecified atom stereocenters. The number of aliphatic hydroxyl groups excluding tert-OH is 21. The second-order valence-electron chi connectivity index (χ2n) is 30.0. The highest BCUT2D eigenvalue weighted by molar-refractivity contribution is 5.14. The van der Waals surface area contributed by atoms with E-state index in [2.05, 4.69) is 0 Å². The Labute approximate surface area is 601 Å². The van der Waals surface area contributed by atoms with Crippen molar-refractivity contribution in [3.8, 4) is 0 Å². The average Bonchev–Trinajstić information content (AvgIpc) is 0.746. The average molecular weight is 1540 g/mol. The van der Waals surface area contributed by atoms with Crippen molar-refractivity contribution in [1.29, 1.82) is 0 Å². The highest BCUT2D eigenvalue weighted by atomic mass is 16.8. The molecule has 0 amide bonds. The van der Waals surface area contributed by atoms with Crippen LogP contribution in [0.3, 0.4) is 0 Å². The van der Waals surface area contributed by atoms with Gasteiger partial charge >= 0.3 is 0 Å². The fourth-order valence-corrected chi connectivity index (χ4v) is 15.9. The molecule has 21 aliphatic heterocycles. The molecule has 42 atom stereocenters. The van der Waals surface area contributed by atoms with Gasteiger partial charge in [-0.05, 0) is 48.5 Å². The summed E-state index contributed by atoms with van der Waals surface area (Å²) >= 11 is 0. The van der Waals surface area contributed by atoms with E-state index < -0.39 is 345 Å². The lowest BCUT2D eigenvalue weighted by molar-refractivity contribution is -0.433. The van der Waals surface area contributed by atoms with E-state index in [1.165, 1.54) is 0 Å². The largest absolute Gasteiger partial charge is 0.394 e. The van der Waals surface area contributed by atoms with Crippen molar-refractivity contribution in [2.24, 2.45) is 0 Å². The molecule has 0 saturated carbocycles. The van der Waals surface area contributed by atoms with Crippen molar-refractivity contribution in [2.45, 2.75) is 348 Å². The van der Waals surface area contributed by atoms with Crippen LogP contribution in [0.2, 0.25) is 0 Å². The minimum atomic E-state index is -3.12. The second-order valence-corrected chi connectivity index (χ2v) is 30.0. The predicted molar refractivity (Wildman–Crippen MR) is 335 cm³/mol. The number of hydrogen-bond acceptors (Lipinski definition) is 42. The standard InChI is InChI=1S/C63H112O42/c1-22(71)8-57(85)43(78)36-29(15-64)92-50(57)99-37-30(16-65)93-52(58(86,44(37)79)9-23(2)72)101-39-32(18-67)95-54(60(88,46(39)81)11-25(4)74)103-41-34(20-69)97-56(62(90,48(41)83)13-27(6)76)105-42-35(21-70)98-55(63(91,49(42)84)14-28(7)77)104-40-33(19-68)96-53(61(89,47(40)82)12-26(5)75)102-38-31(17-66)94-51(100-36)59(87,45(38)80)10-24(3)73/h22-56,64-91H,8-21H2,1-7H3. The maximum absolute atomic E-state index is 12.8. The first kappa shape index (κ1) is 88.9. The maximum Gasteiger partial charge on any atom is 0.190 e. The molecule has 42 heteroatoms. The van der Waals surface area contributed by atoms with Crippen molar-refractivity contribution in [1.82, 2.24) is 0 Å². The van der Waals surface area contributed by atoms with Gasteiger partial charge < -0.3 is 209 Å². The summed E-state index contributed by atoms with van der Waals surface area (Å²) in [7, 11) is 0. The van der Waals surface area contributed by atoms with Gasteiger partial charge in [0.25, 0.3) is 0 Å². The van der Waals surface area contributed by atoms with Crippen molar-refractivity contribution in [3.05, 3.63) is 0 Å². The summed E-state index contributed by atoms with van der Waals surface area (Å²) in [4.78, 5) is 0. The normalized spacial score (nSPS) is 51.0. The minimum Gasteiger partial charge on any atom is -0.394 e. The highest BCUT2D eigenvalue weighted by Gasteiger charge is 2.70. The van der Waals surface area contributed by atoms with E-state index in [0.29, 0.717) is 0 Å². The first-order chi connectivity index (χ1) is 48.9. The zero-order valence-electron chi connectivity index (χ0n) is 58.8. The molecule has 14 bridgehead atoms. The van der Waals surface area contributed by atoms with Gasteiger partial charge in [-0.25, -0.2) is 0 Å². The molecule has 0 spiro atoms. The molecule has 105 heavy (non-hydrogen) atoms. The van der Waals surface area contributed by atoms with Crippen molar-refractivity contribution in [3.63, 3.8) is 0 Å². The predicted octanol–water partition coefficient (Wildman–Crippen LogP) is -14.2. The molecule has 0 aromatic heterocycles. The Morgan fingerprint density at radius 1 is 0.200 bits per heavy atom. The van der Waals surface area contributed by atoms with Crippen molar-refractivity contribution >= 4 is 0 Å². The molecule has 0 aromatic carbocycles. The molecule has 42 nitrogen and oxygen atoms in total. The van der Waals surface area contributed by atoms with Gasteiger partial charge in [0, 0.05) is 44.9 Å². The maximum atomic E-state index is 12.8. The van der Waals surface area contributed by atoms with E-state index in [1.54, 1.807) is 0 Å². The molecule has 21 heterocycles. The Balaban J connectivity index is 1.30. The van der Waals surface area contributed by atoms with Crippen LogP contribution >= 0.6 is 0 Å². The molecule has 21 rings (SSSR count). The number of rotatable bonds is 21. The zero-order valence-corrected chi connectivity index (χ0v) is 58.8. The van der Waals surface area contributed by atoms with E-state index in [0.717, 1.165) is 48.5 Å². The summed E-state index contributed by atoms with van der Waals surface area (Å²) in [5.74, 6) is 0. The van der Waals surface area contributed by atoms with Gasteiger partial charge in [-0.2, -0.15) is 0 Å². The Kier molecular flexibility index (Phi) is 29.6. The topological polar surface area (TPSA) is 696 Å². The first-order valence-corrected chi connectivity index (χ1v) is 34.9. The fraction of sp³-hybridized carbons (Fsp3) is 1.00. The monoisotopic (exact) mass is 1540 g/mol. The molecule has 28 N–H and O–H groups in total. The first-order valence-electron chi connectivity index (χ1n) is 34.9. The lowest BCUT2D eigenvalue weighted by atomic mass is 9.79. The number of hydrogen-bond donors (Lipinski definition) is 28. The highest BCUT2D eigenvalue weighted by Crippen LogP contribution is 2.50. The van der Waals surface area contributed by atoms with Crippen LogP contribution in [0.1, 0.15) is 93.4 Å². The molecule has 21 aliphatic rings. The quantitative estimate of drug-likeness (QED) is 0.0507. The van der Waals surface area contributed by atoms with Gasteiger partial charge in [-0.15, -0.1) is 0 Å². The molecule has 0 aliphatic carbocycles. The molecule has 616 valence electrons. The van der Waals surface area contributed by atoms with E-state index in [1.807, 2.05) is 0 Å². The van der Waals surface area contributed by atoms with Crippen molar-refractivity contribution < 1.29 is 209 Å². The van der Waals surface area contributed by atoms with Crippen molar-refractivity contribution in [2.75, 3.05) is 46.2 Å². The summed E-state index contributed by atoms with van der Waals surface area (Å²) < 4.78 is 85.2. The van der Waals surface area contributed by atoms with E-state index in [-0.39, 0.29) is 0 Å². The Hall–Kier alpha value is -1.68. The summed E-state index contributed by atoms with van der Waals surface area (Å²) in [6.45, 7) is -1.32. The van der Waals surface area contributed by atoms with Gasteiger partial charge in [-0.3, -0.25) is 0 Å². The van der Waals surface area contributed by atoms with Crippen LogP contribution in [-0.2, 0) is 66.3 Å². The lowest BCUT2D eigenvalue weighted by Crippen LogP contribution is -2.75. The fourth-order valence-electron chi connectivity index (χ4n) is 15.9. The summed E-state index contributed by atoms with van der Waals surface area (Å²) in [6.07, 6.45) is -85.1. The number of ether oxygens (including phenoxy) is 14. The van der Waals surface area contributed by atoms with Crippen LogP contribution < -0.4 is 0 Å². The van der Waals surface area contributed by atoms with Gasteiger partial charge in [0.05, 0.1) is 89.0 Å². The molecular formula is C63H112O42. The Morgan fingerprint density at radius 2 is 0.295 bits per heavy atom. The van der Waals surface area contributed by atoms with Crippen LogP contribution in [0.15, 0.2) is 0 Å². The molecule has 21 fully saturated rings. The van der Waals surface area contributed by atoms with Crippen LogP contribution in [0.25, 0.3) is 0 Å². The summed E-state index contributed by atoms with van der Waals surface area (Å²) in [5, 5.41) is 331. The SMILES string of the molecule is CC(O)CC1(O)C2OC(CO)C(OC3OC(CO)C(OC4OC(CO)C(OC5OC(CO)C(OC6OC(CO)C(OC7OC(CO)C(OC8OC(CO)C(O2)C(O)C8(O)CC(C)O)C(O)C7(O)CC(C)O)C(O)C6(O)CC(C)O)C(O)C5(O)CC(C)O)C(O)C4(O)CC(C)O)C(O)C3(O)CC(C)O)C1O. The smallest absolute Gasteiger partial charge is 0.190 e. The van der Waals surface area contributed by atoms with Gasteiger partial charge in [0.1, 0.15) is 167 Å². The van der Waals surface area contributed by atoms with Gasteiger partial charge in [0.2, 0.25) is 0 Å². The van der Waals surface area contributed by atoms with Gasteiger partial charge in [-0.1, -0.05) is 0 Å². The second kappa shape index (κ2) is 35.0. The van der Waals surface area contributed by atoms with Crippen LogP contribution in [0, 0.1) is 0 Å². The van der Waals surface area contributed by atoms with Crippen LogP contribution in [-0.4, -0.2) is 443 Å². The molecular weight excluding hydrogens is 1430 g/mol. The Morgan fingerprint density at radius 3 is 0.371 bits per heavy atom. The van der Waals surface area contributed by atoms with E-state index in [4.69, 9.17) is 66.3 Å². The van der Waals surface area contributed by atoms with E-state index in [9.17, 15) is 143 Å². The third-order valence-corrected chi connectivity index (χ3v) is 20.9. The number of aliphatic hydroxyl groups is 28. The lowest BCUT2D eigenvalue weighted by Gasteiger charge is -2.56. The van der Waals surface area contributed by atoms with Crippen LogP contribution in [0.4, 0.5) is 0 Å². The Bertz CT molecular complexity index is 2200. The third-order valence-electron chi connectivity index (χ3n) is 20.9. The molecule has 0 aromatic rings. The third kappa shape index (κ3) is 17.4. The van der Waals surface area contributed by atoms with Crippen LogP contribution in [0.5, 0.6) is 0 Å². The molecule has 21 saturated heterocycles. The van der Waals surface area contributed by atoms with E-state index >= 15 is 0 Å². The minimum absolute atomic E-state index is 1.03. The van der Waals surface area contributed by atoms with Gasteiger partial charge in [0.15, 0.2) is 44.0 Å². The summed E-state index contributed by atoms with van der Waals surface area (Å²) in [6, 6.07) is 0. The molecule has 0 radical (unpaired) electrons. The summed E-state index contributed by atoms with van der Waals surface area (Å²) in [5.41, 5.74) is -21.9.